The summed E-state index contributed by atoms with van der Waals surface area (Å²) in [5.74, 6) is -0.477. The first-order chi connectivity index (χ1) is 17.9. The van der Waals surface area contributed by atoms with Crippen LogP contribution in [0.2, 0.25) is 0 Å². The number of carboxylic acid groups (broad SMARTS) is 1. The number of nitrogens with zero attached hydrogens (tertiary/aromatic N) is 2. The number of hydrogen-bond acceptors (Lipinski definition) is 6. The van der Waals surface area contributed by atoms with Gasteiger partial charge >= 0.3 is 5.97 Å². The van der Waals surface area contributed by atoms with Crippen molar-refractivity contribution < 1.29 is 19.2 Å². The minimum Gasteiger partial charge on any atom is -0.480 e. The van der Waals surface area contributed by atoms with Crippen molar-refractivity contribution in [1.29, 1.82) is 0 Å². The summed E-state index contributed by atoms with van der Waals surface area (Å²) in [5.41, 5.74) is 4.15. The molecule has 1 unspecified atom stereocenters. The lowest BCUT2D eigenvalue weighted by Crippen LogP contribution is -2.38. The number of aliphatic carboxylic acids is 1. The Morgan fingerprint density at radius 3 is 2.30 bits per heavy atom. The van der Waals surface area contributed by atoms with E-state index in [4.69, 9.17) is 9.63 Å². The molecule has 0 saturated carbocycles. The van der Waals surface area contributed by atoms with E-state index in [1.807, 2.05) is 54.6 Å². The van der Waals surface area contributed by atoms with Crippen LogP contribution in [0.3, 0.4) is 0 Å². The monoisotopic (exact) mass is 498 g/mol. The van der Waals surface area contributed by atoms with Crippen molar-refractivity contribution in [2.75, 3.05) is 5.32 Å². The van der Waals surface area contributed by atoms with Gasteiger partial charge in [0.2, 0.25) is 5.82 Å². The molecular formula is C29H30N4O4. The normalized spacial score (nSPS) is 12.5. The maximum atomic E-state index is 12.3. The van der Waals surface area contributed by atoms with Crippen LogP contribution in [-0.2, 0) is 4.79 Å². The molecule has 0 bridgehead atoms. The molecule has 8 nitrogen and oxygen atoms in total. The molecule has 1 heterocycles. The first kappa shape index (κ1) is 25.6. The number of carbonyl (C=O) groups excluding carboxylic acids is 1. The maximum absolute atomic E-state index is 12.3. The smallest absolute Gasteiger partial charge is 0.325 e. The van der Waals surface area contributed by atoms with Crippen LogP contribution in [0.25, 0.3) is 22.8 Å². The predicted molar refractivity (Wildman–Crippen MR) is 142 cm³/mol. The van der Waals surface area contributed by atoms with Crippen molar-refractivity contribution in [3.8, 4) is 22.8 Å². The zero-order valence-corrected chi connectivity index (χ0v) is 20.8. The number of nitrogens with one attached hydrogen (secondary N) is 2. The van der Waals surface area contributed by atoms with Crippen LogP contribution in [0.5, 0.6) is 0 Å². The molecule has 37 heavy (non-hydrogen) atoms. The maximum Gasteiger partial charge on any atom is 0.325 e. The van der Waals surface area contributed by atoms with E-state index in [1.54, 1.807) is 12.1 Å². The summed E-state index contributed by atoms with van der Waals surface area (Å²) in [6, 6.07) is 23.9. The summed E-state index contributed by atoms with van der Waals surface area (Å²) < 4.78 is 5.49. The Hall–Kier alpha value is -4.46. The largest absolute Gasteiger partial charge is 0.480 e. The van der Waals surface area contributed by atoms with Crippen molar-refractivity contribution in [2.45, 2.75) is 45.2 Å². The Bertz CT molecular complexity index is 1320. The molecule has 1 aromatic heterocycles. The van der Waals surface area contributed by atoms with Crippen LogP contribution in [0, 0.1) is 0 Å². The number of carboxylic acids is 1. The van der Waals surface area contributed by atoms with Gasteiger partial charge in [0.05, 0.1) is 6.04 Å². The second-order valence-corrected chi connectivity index (χ2v) is 8.86. The van der Waals surface area contributed by atoms with E-state index < -0.39 is 17.9 Å². The summed E-state index contributed by atoms with van der Waals surface area (Å²) in [4.78, 5) is 27.8. The molecule has 1 amide bonds. The molecule has 4 rings (SSSR count). The summed E-state index contributed by atoms with van der Waals surface area (Å²) in [6.45, 7) is 3.59. The average Bonchev–Trinajstić information content (AvgIpc) is 3.42. The lowest BCUT2D eigenvalue weighted by atomic mass is 9.99. The van der Waals surface area contributed by atoms with Gasteiger partial charge in [-0.15, -0.1) is 0 Å². The molecule has 0 fully saturated rings. The lowest BCUT2D eigenvalue weighted by molar-refractivity contribution is -0.138. The minimum absolute atomic E-state index is 0.0725. The Balaban J connectivity index is 1.46. The molecule has 0 aliphatic heterocycles. The average molecular weight is 499 g/mol. The van der Waals surface area contributed by atoms with Crippen LogP contribution >= 0.6 is 0 Å². The predicted octanol–water partition coefficient (Wildman–Crippen LogP) is 5.95. The summed E-state index contributed by atoms with van der Waals surface area (Å²) in [6.07, 6.45) is 3.06. The molecule has 2 atom stereocenters. The molecule has 0 spiro atoms. The molecular weight excluding hydrogens is 468 g/mol. The molecule has 0 radical (unpaired) electrons. The van der Waals surface area contributed by atoms with Crippen LogP contribution in [0.4, 0.5) is 5.69 Å². The Labute approximate surface area is 215 Å². The van der Waals surface area contributed by atoms with Crippen LogP contribution in [0.15, 0.2) is 83.4 Å². The van der Waals surface area contributed by atoms with E-state index in [2.05, 4.69) is 39.8 Å². The second kappa shape index (κ2) is 12.0. The van der Waals surface area contributed by atoms with E-state index in [1.165, 1.54) is 6.92 Å². The fourth-order valence-electron chi connectivity index (χ4n) is 3.89. The number of rotatable bonds is 11. The third-order valence-electron chi connectivity index (χ3n) is 6.07. The molecule has 0 aliphatic rings. The van der Waals surface area contributed by atoms with Crippen molar-refractivity contribution in [1.82, 2.24) is 15.5 Å². The second-order valence-electron chi connectivity index (χ2n) is 8.86. The topological polar surface area (TPSA) is 117 Å². The first-order valence-corrected chi connectivity index (χ1v) is 12.3. The molecule has 3 aromatic carbocycles. The zero-order chi connectivity index (χ0) is 26.2. The van der Waals surface area contributed by atoms with Gasteiger partial charge < -0.3 is 20.3 Å². The number of aromatic nitrogens is 2. The van der Waals surface area contributed by atoms with Gasteiger partial charge in [-0.3, -0.25) is 9.59 Å². The lowest BCUT2D eigenvalue weighted by Gasteiger charge is -2.21. The van der Waals surface area contributed by atoms with Gasteiger partial charge in [0, 0.05) is 22.4 Å². The molecule has 4 aromatic rings. The Morgan fingerprint density at radius 2 is 1.65 bits per heavy atom. The van der Waals surface area contributed by atoms with Crippen LogP contribution < -0.4 is 10.6 Å². The SMILES string of the molecule is CCCCC(Nc1ccc(C(=O)N[C@@H](C)C(=O)O)cc1)c1ccc(-c2nc(-c3ccccc3)no2)cc1. The minimum atomic E-state index is -1.08. The highest BCUT2D eigenvalue weighted by atomic mass is 16.5. The van der Waals surface area contributed by atoms with Gasteiger partial charge in [0.15, 0.2) is 0 Å². The van der Waals surface area contributed by atoms with Crippen LogP contribution in [-0.4, -0.2) is 33.2 Å². The third-order valence-corrected chi connectivity index (χ3v) is 6.07. The van der Waals surface area contributed by atoms with Gasteiger partial charge in [0.1, 0.15) is 6.04 Å². The third kappa shape index (κ3) is 6.61. The summed E-state index contributed by atoms with van der Waals surface area (Å²) in [5, 5.41) is 19.1. The summed E-state index contributed by atoms with van der Waals surface area (Å²) >= 11 is 0. The number of hydrogen-bond donors (Lipinski definition) is 3. The van der Waals surface area contributed by atoms with E-state index in [0.717, 1.165) is 41.6 Å². The van der Waals surface area contributed by atoms with E-state index in [9.17, 15) is 9.59 Å². The number of anilines is 1. The van der Waals surface area contributed by atoms with Crippen molar-refractivity contribution in [3.05, 3.63) is 90.0 Å². The molecule has 3 N–H and O–H groups in total. The number of benzene rings is 3. The number of unbranched alkanes of at least 4 members (excludes halogenated alkanes) is 1. The fourth-order valence-corrected chi connectivity index (χ4v) is 3.89. The van der Waals surface area contributed by atoms with Crippen molar-refractivity contribution >= 4 is 17.6 Å². The number of amides is 1. The highest BCUT2D eigenvalue weighted by Crippen LogP contribution is 2.28. The summed E-state index contributed by atoms with van der Waals surface area (Å²) in [7, 11) is 0. The van der Waals surface area contributed by atoms with Gasteiger partial charge in [-0.25, -0.2) is 0 Å². The molecule has 0 aliphatic carbocycles. The Morgan fingerprint density at radius 1 is 0.946 bits per heavy atom. The zero-order valence-electron chi connectivity index (χ0n) is 20.8. The van der Waals surface area contributed by atoms with Gasteiger partial charge in [0.25, 0.3) is 11.8 Å². The van der Waals surface area contributed by atoms with Gasteiger partial charge in [-0.1, -0.05) is 67.4 Å². The van der Waals surface area contributed by atoms with E-state index in [-0.39, 0.29) is 6.04 Å². The van der Waals surface area contributed by atoms with Crippen molar-refractivity contribution in [3.63, 3.8) is 0 Å². The van der Waals surface area contributed by atoms with Gasteiger partial charge in [-0.05, 0) is 55.3 Å². The first-order valence-electron chi connectivity index (χ1n) is 12.3. The highest BCUT2D eigenvalue weighted by Gasteiger charge is 2.17. The molecule has 0 saturated heterocycles. The van der Waals surface area contributed by atoms with Gasteiger partial charge in [-0.2, -0.15) is 4.98 Å². The number of carbonyl (C=O) groups is 2. The quantitative estimate of drug-likeness (QED) is 0.234. The highest BCUT2D eigenvalue weighted by molar-refractivity contribution is 5.96. The standard InChI is InChI=1S/C29H30N4O4/c1-3-4-10-25(31-24-17-15-22(16-18-24)27(34)30-19(2)29(35)36)20-11-13-23(14-12-20)28-32-26(33-37-28)21-8-6-5-7-9-21/h5-9,11-19,25,31H,3-4,10H2,1-2H3,(H,30,34)(H,35,36)/t19-,25?/m0/s1. The Kier molecular flexibility index (Phi) is 8.30. The van der Waals surface area contributed by atoms with E-state index >= 15 is 0 Å². The fraction of sp³-hybridized carbons (Fsp3) is 0.241. The van der Waals surface area contributed by atoms with Crippen molar-refractivity contribution in [2.24, 2.45) is 0 Å². The molecule has 190 valence electrons. The molecule has 8 heteroatoms. The van der Waals surface area contributed by atoms with Crippen LogP contribution in [0.1, 0.15) is 55.1 Å². The van der Waals surface area contributed by atoms with E-state index in [0.29, 0.717) is 17.3 Å².